The van der Waals surface area contributed by atoms with Crippen LogP contribution in [0.3, 0.4) is 0 Å². The van der Waals surface area contributed by atoms with E-state index in [0.717, 1.165) is 17.1 Å². The van der Waals surface area contributed by atoms with Crippen LogP contribution in [0.5, 0.6) is 0 Å². The zero-order chi connectivity index (χ0) is 15.9. The van der Waals surface area contributed by atoms with Gasteiger partial charge in [-0.25, -0.2) is 0 Å². The van der Waals surface area contributed by atoms with Crippen LogP contribution in [0.1, 0.15) is 38.2 Å². The van der Waals surface area contributed by atoms with Crippen LogP contribution in [0.25, 0.3) is 17.1 Å². The van der Waals surface area contributed by atoms with Gasteiger partial charge in [-0.1, -0.05) is 38.3 Å². The van der Waals surface area contributed by atoms with Gasteiger partial charge in [0.1, 0.15) is 0 Å². The number of aryl methyl sites for hydroxylation is 1. The van der Waals surface area contributed by atoms with Gasteiger partial charge in [-0.3, -0.25) is 4.98 Å². The molecular weight excluding hydrogens is 472 g/mol. The quantitative estimate of drug-likeness (QED) is 0.314. The summed E-state index contributed by atoms with van der Waals surface area (Å²) in [5.74, 6) is 0.932. The first-order valence-corrected chi connectivity index (χ1v) is 8.48. The first kappa shape index (κ1) is 18.6. The first-order chi connectivity index (χ1) is 11.4. The Labute approximate surface area is 158 Å². The molecule has 3 heteroatoms. The molecule has 2 nitrogen and oxygen atoms in total. The largest absolute Gasteiger partial charge is 0.340 e. The summed E-state index contributed by atoms with van der Waals surface area (Å²) in [5.41, 5.74) is 3.57. The fraction of sp³-hybridized carbons (Fsp3) is 0.286. The zero-order valence-electron chi connectivity index (χ0n) is 14.0. The molecule has 0 unspecified atom stereocenters. The van der Waals surface area contributed by atoms with Gasteiger partial charge in [-0.05, 0) is 30.5 Å². The molecule has 24 heavy (non-hydrogen) atoms. The topological polar surface area (TPSA) is 17.8 Å². The molecule has 2 aromatic carbocycles. The molecule has 0 atom stereocenters. The van der Waals surface area contributed by atoms with Gasteiger partial charge in [-0.2, -0.15) is 0 Å². The molecule has 0 bridgehead atoms. The number of hydrogen-bond acceptors (Lipinski definition) is 1. The molecule has 3 aromatic rings. The second kappa shape index (κ2) is 9.56. The zero-order valence-corrected chi connectivity index (χ0v) is 16.4. The summed E-state index contributed by atoms with van der Waals surface area (Å²) >= 11 is 0. The van der Waals surface area contributed by atoms with Crippen molar-refractivity contribution in [1.29, 1.82) is 0 Å². The molecule has 0 fully saturated rings. The summed E-state index contributed by atoms with van der Waals surface area (Å²) in [7, 11) is 0. The maximum absolute atomic E-state index is 4.49. The minimum Gasteiger partial charge on any atom is -0.340 e. The fourth-order valence-electron chi connectivity index (χ4n) is 2.82. The first-order valence-electron chi connectivity index (χ1n) is 8.48. The number of hydrogen-bond donors (Lipinski definition) is 0. The molecular formula is C21H23IrN2-. The molecule has 127 valence electrons. The molecule has 0 saturated carbocycles. The van der Waals surface area contributed by atoms with Gasteiger partial charge in [0.25, 0.3) is 0 Å². The average Bonchev–Trinajstić information content (AvgIpc) is 3.10. The summed E-state index contributed by atoms with van der Waals surface area (Å²) in [4.78, 5) is 4.49. The van der Waals surface area contributed by atoms with E-state index in [0.29, 0.717) is 0 Å². The smallest absolute Gasteiger partial charge is 0.0602 e. The van der Waals surface area contributed by atoms with Gasteiger partial charge < -0.3 is 4.57 Å². The second-order valence-corrected chi connectivity index (χ2v) is 5.87. The Bertz CT molecular complexity index is 717. The third kappa shape index (κ3) is 4.66. The number of nitrogens with zero attached hydrogens (tertiary/aromatic N) is 2. The summed E-state index contributed by atoms with van der Waals surface area (Å²) in [6, 6.07) is 20.0. The number of unbranched alkanes of at least 4 members (excludes halogenated alkanes) is 3. The van der Waals surface area contributed by atoms with E-state index in [-0.39, 0.29) is 20.1 Å². The Balaban J connectivity index is 0.00000208. The summed E-state index contributed by atoms with van der Waals surface area (Å²) in [6.07, 6.45) is 10.3. The fourth-order valence-corrected chi connectivity index (χ4v) is 2.82. The van der Waals surface area contributed by atoms with E-state index in [1.807, 2.05) is 36.7 Å². The molecule has 0 aliphatic rings. The molecule has 0 aliphatic carbocycles. The summed E-state index contributed by atoms with van der Waals surface area (Å²) in [5, 5.41) is 0. The van der Waals surface area contributed by atoms with Gasteiger partial charge in [0.05, 0.1) is 5.82 Å². The van der Waals surface area contributed by atoms with Crippen LogP contribution in [0.4, 0.5) is 0 Å². The van der Waals surface area contributed by atoms with Crippen molar-refractivity contribution >= 4 is 0 Å². The summed E-state index contributed by atoms with van der Waals surface area (Å²) < 4.78 is 2.12. The van der Waals surface area contributed by atoms with E-state index in [9.17, 15) is 0 Å². The maximum Gasteiger partial charge on any atom is 0.0602 e. The van der Waals surface area contributed by atoms with Gasteiger partial charge in [0, 0.05) is 38.2 Å². The molecule has 3 rings (SSSR count). The average molecular weight is 496 g/mol. The minimum absolute atomic E-state index is 0. The van der Waals surface area contributed by atoms with E-state index >= 15 is 0 Å². The number of rotatable bonds is 7. The van der Waals surface area contributed by atoms with E-state index in [4.69, 9.17) is 0 Å². The molecule has 1 aromatic heterocycles. The predicted molar refractivity (Wildman–Crippen MR) is 95.7 cm³/mol. The molecule has 1 heterocycles. The van der Waals surface area contributed by atoms with Gasteiger partial charge in [0.15, 0.2) is 0 Å². The minimum atomic E-state index is 0. The van der Waals surface area contributed by atoms with Gasteiger partial charge >= 0.3 is 0 Å². The Morgan fingerprint density at radius 3 is 2.54 bits per heavy atom. The molecule has 1 radical (unpaired) electrons. The van der Waals surface area contributed by atoms with Crippen LogP contribution in [0.15, 0.2) is 60.9 Å². The van der Waals surface area contributed by atoms with Crippen LogP contribution in [0.2, 0.25) is 0 Å². The van der Waals surface area contributed by atoms with E-state index < -0.39 is 0 Å². The van der Waals surface area contributed by atoms with Crippen molar-refractivity contribution in [2.24, 2.45) is 0 Å². The standard InChI is InChI=1S/C21H23N2.Ir/c1-2-3-4-6-9-18-12-14-20(15-13-18)23-17-16-22-21(23)19-10-7-5-8-11-19;/h5,7-8,10,12-17H,2-4,6,9H2,1H3;/q-1;. The predicted octanol–water partition coefficient (Wildman–Crippen LogP) is 5.46. The van der Waals surface area contributed by atoms with E-state index in [1.165, 1.54) is 37.7 Å². The van der Waals surface area contributed by atoms with Gasteiger partial charge in [0.2, 0.25) is 0 Å². The van der Waals surface area contributed by atoms with Crippen molar-refractivity contribution in [1.82, 2.24) is 9.55 Å². The Morgan fingerprint density at radius 2 is 1.83 bits per heavy atom. The second-order valence-electron chi connectivity index (χ2n) is 5.87. The van der Waals surface area contributed by atoms with Crippen LogP contribution >= 0.6 is 0 Å². The monoisotopic (exact) mass is 496 g/mol. The maximum atomic E-state index is 4.49. The van der Waals surface area contributed by atoms with Crippen LogP contribution in [-0.2, 0) is 26.5 Å². The van der Waals surface area contributed by atoms with Crippen LogP contribution in [0, 0.1) is 6.07 Å². The molecule has 0 spiro atoms. The Morgan fingerprint density at radius 1 is 1.00 bits per heavy atom. The van der Waals surface area contributed by atoms with Crippen molar-refractivity contribution in [2.75, 3.05) is 0 Å². The Kier molecular flexibility index (Phi) is 7.42. The van der Waals surface area contributed by atoms with Gasteiger partial charge in [-0.15, -0.1) is 35.9 Å². The third-order valence-electron chi connectivity index (χ3n) is 4.12. The third-order valence-corrected chi connectivity index (χ3v) is 4.12. The SMILES string of the molecule is CCCCCCc1ccc(-n2ccnc2-c2[c-]cccc2)cc1.[Ir]. The van der Waals surface area contributed by atoms with Crippen molar-refractivity contribution in [3.63, 3.8) is 0 Å². The van der Waals surface area contributed by atoms with Crippen molar-refractivity contribution in [2.45, 2.75) is 39.0 Å². The number of benzene rings is 2. The van der Waals surface area contributed by atoms with Crippen molar-refractivity contribution in [3.8, 4) is 17.1 Å². The number of aromatic nitrogens is 2. The molecule has 0 saturated heterocycles. The normalized spacial score (nSPS) is 10.4. The van der Waals surface area contributed by atoms with Crippen molar-refractivity contribution in [3.05, 3.63) is 72.6 Å². The van der Waals surface area contributed by atoms with Crippen LogP contribution < -0.4 is 0 Å². The summed E-state index contributed by atoms with van der Waals surface area (Å²) in [6.45, 7) is 2.25. The van der Waals surface area contributed by atoms with E-state index in [1.54, 1.807) is 0 Å². The molecule has 0 aliphatic heterocycles. The van der Waals surface area contributed by atoms with Crippen LogP contribution in [-0.4, -0.2) is 9.55 Å². The number of imidazole rings is 1. The van der Waals surface area contributed by atoms with Crippen molar-refractivity contribution < 1.29 is 20.1 Å². The molecule has 0 N–H and O–H groups in total. The van der Waals surface area contributed by atoms with E-state index in [2.05, 4.69) is 46.8 Å². The Hall–Kier alpha value is -1.70. The molecule has 0 amide bonds.